The number of hydrogen-bond acceptors (Lipinski definition) is 3. The van der Waals surface area contributed by atoms with Crippen molar-refractivity contribution >= 4 is 7.26 Å². The van der Waals surface area contributed by atoms with Crippen LogP contribution in [-0.2, 0) is 0 Å². The Morgan fingerprint density at radius 2 is 1.38 bits per heavy atom. The second kappa shape index (κ2) is 12.3. The van der Waals surface area contributed by atoms with E-state index in [1.807, 2.05) is 0 Å². The first kappa shape index (κ1) is 17.6. The summed E-state index contributed by atoms with van der Waals surface area (Å²) in [5.74, 6) is 0. The van der Waals surface area contributed by atoms with Crippen molar-refractivity contribution in [3.63, 3.8) is 0 Å². The minimum absolute atomic E-state index is 0.455. The van der Waals surface area contributed by atoms with Crippen molar-refractivity contribution in [1.82, 2.24) is 5.32 Å². The number of nitriles is 2. The molecule has 4 heteroatoms. The minimum atomic E-state index is -0.455. The Morgan fingerprint density at radius 1 is 0.938 bits per heavy atom. The molecule has 0 aromatic heterocycles. The van der Waals surface area contributed by atoms with Crippen molar-refractivity contribution in [2.45, 2.75) is 40.5 Å². The smallest absolute Gasteiger partial charge is 0.190 e. The summed E-state index contributed by atoms with van der Waals surface area (Å²) in [7, 11) is -0.455. The number of rotatable bonds is 6. The molecule has 0 aliphatic heterocycles. The summed E-state index contributed by atoms with van der Waals surface area (Å²) in [6, 6.07) is 0. The molecule has 0 rings (SSSR count). The molecule has 0 amide bonds. The topological polar surface area (TPSA) is 59.6 Å². The standard InChI is InChI=1S/C10H24P.C2HN3/c1-5-9-10-11(6-2,7-3)8-4;3-1-5-2-4/h5-10H2,1-4H3;5H/q+1;. The van der Waals surface area contributed by atoms with Gasteiger partial charge < -0.3 is 0 Å². The average molecular weight is 242 g/mol. The van der Waals surface area contributed by atoms with Gasteiger partial charge >= 0.3 is 0 Å². The van der Waals surface area contributed by atoms with Crippen LogP contribution in [0.3, 0.4) is 0 Å². The lowest BCUT2D eigenvalue weighted by Crippen LogP contribution is -2.06. The molecule has 0 spiro atoms. The highest BCUT2D eigenvalue weighted by molar-refractivity contribution is 7.75. The third-order valence-corrected chi connectivity index (χ3v) is 8.40. The lowest BCUT2D eigenvalue weighted by Gasteiger charge is -2.23. The molecule has 0 radical (unpaired) electrons. The molecule has 3 nitrogen and oxygen atoms in total. The van der Waals surface area contributed by atoms with Gasteiger partial charge in [-0.2, -0.15) is 10.5 Å². The van der Waals surface area contributed by atoms with Gasteiger partial charge in [0.05, 0.1) is 24.6 Å². The third-order valence-electron chi connectivity index (χ3n) is 3.11. The highest BCUT2D eigenvalue weighted by Gasteiger charge is 2.29. The Balaban J connectivity index is 0. The second-order valence-corrected chi connectivity index (χ2v) is 8.74. The van der Waals surface area contributed by atoms with Crippen LogP contribution in [-0.4, -0.2) is 24.6 Å². The van der Waals surface area contributed by atoms with Gasteiger partial charge in [0.25, 0.3) is 0 Å². The molecule has 16 heavy (non-hydrogen) atoms. The number of hydrogen-bond donors (Lipinski definition) is 1. The van der Waals surface area contributed by atoms with Gasteiger partial charge in [0, 0.05) is 7.26 Å². The van der Waals surface area contributed by atoms with Gasteiger partial charge in [0.15, 0.2) is 12.4 Å². The van der Waals surface area contributed by atoms with Crippen molar-refractivity contribution in [2.24, 2.45) is 0 Å². The molecule has 0 aromatic rings. The molecule has 0 aliphatic carbocycles. The largest absolute Gasteiger partial charge is 0.229 e. The quantitative estimate of drug-likeness (QED) is 0.441. The summed E-state index contributed by atoms with van der Waals surface area (Å²) in [5.41, 5.74) is 0. The lowest BCUT2D eigenvalue weighted by molar-refractivity contribution is 0.882. The lowest BCUT2D eigenvalue weighted by atomic mass is 10.4. The first-order valence-electron chi connectivity index (χ1n) is 6.04. The summed E-state index contributed by atoms with van der Waals surface area (Å²) in [5, 5.41) is 16.7. The Bertz CT molecular complexity index is 203. The molecule has 0 aliphatic rings. The highest BCUT2D eigenvalue weighted by Crippen LogP contribution is 2.58. The summed E-state index contributed by atoms with van der Waals surface area (Å²) >= 11 is 0. The summed E-state index contributed by atoms with van der Waals surface area (Å²) < 4.78 is 0. The second-order valence-electron chi connectivity index (χ2n) is 3.72. The van der Waals surface area contributed by atoms with E-state index in [2.05, 4.69) is 27.7 Å². The molecule has 0 fully saturated rings. The zero-order valence-corrected chi connectivity index (χ0v) is 12.0. The van der Waals surface area contributed by atoms with Gasteiger partial charge in [-0.3, -0.25) is 0 Å². The number of unbranched alkanes of at least 4 members (excludes halogenated alkanes) is 1. The van der Waals surface area contributed by atoms with Crippen LogP contribution in [0.2, 0.25) is 0 Å². The molecule has 0 saturated heterocycles. The van der Waals surface area contributed by atoms with E-state index in [0.29, 0.717) is 0 Å². The molecular weight excluding hydrogens is 217 g/mol. The zero-order chi connectivity index (χ0) is 12.9. The molecule has 0 aromatic carbocycles. The summed E-state index contributed by atoms with van der Waals surface area (Å²) in [4.78, 5) is 0. The van der Waals surface area contributed by atoms with Crippen LogP contribution in [0, 0.1) is 22.9 Å². The highest BCUT2D eigenvalue weighted by atomic mass is 31.2. The molecule has 0 heterocycles. The molecule has 0 saturated carbocycles. The van der Waals surface area contributed by atoms with Crippen LogP contribution in [0.5, 0.6) is 0 Å². The van der Waals surface area contributed by atoms with Crippen molar-refractivity contribution < 1.29 is 0 Å². The minimum Gasteiger partial charge on any atom is -0.229 e. The molecular formula is C12H25N3P+. The van der Waals surface area contributed by atoms with E-state index in [0.717, 1.165) is 0 Å². The van der Waals surface area contributed by atoms with Crippen LogP contribution in [0.25, 0.3) is 0 Å². The fraction of sp³-hybridized carbons (Fsp3) is 0.833. The predicted molar refractivity (Wildman–Crippen MR) is 72.7 cm³/mol. The van der Waals surface area contributed by atoms with Gasteiger partial charge in [0.2, 0.25) is 0 Å². The number of nitrogens with zero attached hydrogens (tertiary/aromatic N) is 2. The predicted octanol–water partition coefficient (Wildman–Crippen LogP) is 3.40. The zero-order valence-electron chi connectivity index (χ0n) is 11.1. The first-order valence-corrected chi connectivity index (χ1v) is 8.57. The maximum absolute atomic E-state index is 7.48. The Morgan fingerprint density at radius 3 is 1.56 bits per heavy atom. The van der Waals surface area contributed by atoms with Gasteiger partial charge in [-0.1, -0.05) is 13.3 Å². The maximum atomic E-state index is 7.48. The van der Waals surface area contributed by atoms with Crippen LogP contribution < -0.4 is 5.32 Å². The molecule has 1 N–H and O–H groups in total. The van der Waals surface area contributed by atoms with Gasteiger partial charge in [-0.05, 0) is 27.2 Å². The van der Waals surface area contributed by atoms with Crippen LogP contribution in [0.4, 0.5) is 0 Å². The SMILES string of the molecule is CCCC[P+](CC)(CC)CC.N#CNC#N. The van der Waals surface area contributed by atoms with Crippen molar-refractivity contribution in [2.75, 3.05) is 24.6 Å². The third kappa shape index (κ3) is 8.51. The monoisotopic (exact) mass is 242 g/mol. The average Bonchev–Trinajstić information content (AvgIpc) is 2.34. The van der Waals surface area contributed by atoms with E-state index in [1.54, 1.807) is 11.5 Å². The maximum Gasteiger partial charge on any atom is 0.190 e. The van der Waals surface area contributed by atoms with Crippen molar-refractivity contribution in [1.29, 1.82) is 10.5 Å². The van der Waals surface area contributed by atoms with E-state index in [1.165, 1.54) is 43.7 Å². The Kier molecular flexibility index (Phi) is 13.5. The van der Waals surface area contributed by atoms with Gasteiger partial charge in [0.1, 0.15) is 0 Å². The van der Waals surface area contributed by atoms with Gasteiger partial charge in [-0.15, -0.1) is 0 Å². The first-order chi connectivity index (χ1) is 7.66. The van der Waals surface area contributed by atoms with Crippen LogP contribution in [0.1, 0.15) is 40.5 Å². The molecule has 92 valence electrons. The van der Waals surface area contributed by atoms with E-state index < -0.39 is 7.26 Å². The summed E-state index contributed by atoms with van der Waals surface area (Å²) in [6.07, 6.45) is 11.6. The van der Waals surface area contributed by atoms with Crippen LogP contribution in [0.15, 0.2) is 0 Å². The fourth-order valence-electron chi connectivity index (χ4n) is 1.66. The fourth-order valence-corrected chi connectivity index (χ4v) is 4.94. The van der Waals surface area contributed by atoms with Crippen LogP contribution >= 0.6 is 7.26 Å². The molecule has 0 unspecified atom stereocenters. The molecule has 0 bridgehead atoms. The van der Waals surface area contributed by atoms with E-state index in [4.69, 9.17) is 10.5 Å². The van der Waals surface area contributed by atoms with Crippen molar-refractivity contribution in [3.05, 3.63) is 0 Å². The Labute approximate surface area is 101 Å². The normalized spacial score (nSPS) is 9.38. The van der Waals surface area contributed by atoms with E-state index >= 15 is 0 Å². The van der Waals surface area contributed by atoms with Gasteiger partial charge in [-0.25, -0.2) is 5.32 Å². The van der Waals surface area contributed by atoms with Crippen molar-refractivity contribution in [3.8, 4) is 12.4 Å². The van der Waals surface area contributed by atoms with E-state index in [-0.39, 0.29) is 0 Å². The summed E-state index contributed by atoms with van der Waals surface area (Å²) in [6.45, 7) is 9.46. The Hall–Kier alpha value is -0.790. The number of nitrogens with one attached hydrogen (secondary N) is 1. The van der Waals surface area contributed by atoms with E-state index in [9.17, 15) is 0 Å². The molecule has 0 atom stereocenters.